The number of amides is 2. The monoisotopic (exact) mass is 313 g/mol. The molecule has 1 aromatic carbocycles. The minimum absolute atomic E-state index is 0.0343. The Morgan fingerprint density at radius 2 is 2.00 bits per heavy atom. The number of hydrogen-bond donors (Lipinski definition) is 0. The second kappa shape index (κ2) is 6.64. The number of alkyl halides is 3. The van der Waals surface area contributed by atoms with Crippen molar-refractivity contribution in [2.24, 2.45) is 0 Å². The summed E-state index contributed by atoms with van der Waals surface area (Å²) >= 11 is 0. The second-order valence-electron chi connectivity index (χ2n) is 4.85. The molecule has 1 aliphatic rings. The summed E-state index contributed by atoms with van der Waals surface area (Å²) in [6.07, 6.45) is -4.57. The average molecular weight is 313 g/mol. The van der Waals surface area contributed by atoms with Crippen molar-refractivity contribution in [1.82, 2.24) is 4.90 Å². The molecule has 1 heterocycles. The number of cyclic esters (lactones) is 1. The van der Waals surface area contributed by atoms with E-state index in [4.69, 9.17) is 4.74 Å². The van der Waals surface area contributed by atoms with Crippen LogP contribution in [0.4, 0.5) is 18.0 Å². The van der Waals surface area contributed by atoms with Crippen LogP contribution in [-0.4, -0.2) is 35.7 Å². The van der Waals surface area contributed by atoms with Gasteiger partial charge in [-0.1, -0.05) is 36.4 Å². The Kier molecular flexibility index (Phi) is 4.85. The Labute approximate surface area is 125 Å². The standard InChI is InChI=1S/C15H14F3NO3/c16-15(17,18)8-4-7-13(20)19-12(10-22-14(19)21)9-11-5-2-1-3-6-11/h1-7,12H,8-10H2/b7-4+/t12-/m0/s1. The summed E-state index contributed by atoms with van der Waals surface area (Å²) in [6.45, 7) is 0.0343. The Hall–Kier alpha value is -2.31. The van der Waals surface area contributed by atoms with E-state index in [0.717, 1.165) is 16.5 Å². The summed E-state index contributed by atoms with van der Waals surface area (Å²) < 4.78 is 41.0. The van der Waals surface area contributed by atoms with Gasteiger partial charge in [0.2, 0.25) is 0 Å². The number of ether oxygens (including phenoxy) is 1. The SMILES string of the molecule is O=C(/C=C/CC(F)(F)F)N1C(=O)OC[C@@H]1Cc1ccccc1. The highest BCUT2D eigenvalue weighted by atomic mass is 19.4. The Morgan fingerprint density at radius 3 is 2.64 bits per heavy atom. The highest BCUT2D eigenvalue weighted by Gasteiger charge is 2.37. The number of nitrogens with zero attached hydrogens (tertiary/aromatic N) is 1. The third kappa shape index (κ3) is 4.34. The number of halogens is 3. The van der Waals surface area contributed by atoms with E-state index in [1.54, 1.807) is 0 Å². The fourth-order valence-electron chi connectivity index (χ4n) is 2.14. The molecule has 1 aliphatic heterocycles. The maximum atomic E-state index is 12.1. The van der Waals surface area contributed by atoms with Crippen LogP contribution in [0.1, 0.15) is 12.0 Å². The van der Waals surface area contributed by atoms with Gasteiger partial charge in [-0.2, -0.15) is 13.2 Å². The van der Waals surface area contributed by atoms with Gasteiger partial charge in [0, 0.05) is 6.08 Å². The van der Waals surface area contributed by atoms with Crippen molar-refractivity contribution in [3.63, 3.8) is 0 Å². The topological polar surface area (TPSA) is 46.6 Å². The summed E-state index contributed by atoms with van der Waals surface area (Å²) in [5, 5.41) is 0. The van der Waals surface area contributed by atoms with Crippen LogP contribution in [0.15, 0.2) is 42.5 Å². The minimum Gasteiger partial charge on any atom is -0.447 e. The van der Waals surface area contributed by atoms with Gasteiger partial charge in [-0.3, -0.25) is 4.79 Å². The first-order chi connectivity index (χ1) is 10.4. The Bertz CT molecular complexity index is 569. The molecule has 2 rings (SSSR count). The van der Waals surface area contributed by atoms with E-state index >= 15 is 0 Å². The predicted molar refractivity (Wildman–Crippen MR) is 71.9 cm³/mol. The van der Waals surface area contributed by atoms with Crippen molar-refractivity contribution in [3.05, 3.63) is 48.0 Å². The number of benzene rings is 1. The number of carbonyl (C=O) groups is 2. The van der Waals surface area contributed by atoms with Crippen LogP contribution >= 0.6 is 0 Å². The van der Waals surface area contributed by atoms with E-state index in [-0.39, 0.29) is 6.61 Å². The lowest BCUT2D eigenvalue weighted by Crippen LogP contribution is -2.39. The molecule has 1 fully saturated rings. The lowest BCUT2D eigenvalue weighted by molar-refractivity contribution is -0.125. The van der Waals surface area contributed by atoms with E-state index < -0.39 is 30.6 Å². The molecule has 0 radical (unpaired) electrons. The molecule has 0 N–H and O–H groups in total. The predicted octanol–water partition coefficient (Wildman–Crippen LogP) is 3.09. The van der Waals surface area contributed by atoms with Gasteiger partial charge in [0.25, 0.3) is 5.91 Å². The van der Waals surface area contributed by atoms with E-state index in [0.29, 0.717) is 12.5 Å². The molecule has 0 aliphatic carbocycles. The zero-order chi connectivity index (χ0) is 16.2. The molecule has 0 saturated carbocycles. The lowest BCUT2D eigenvalue weighted by atomic mass is 10.1. The summed E-state index contributed by atoms with van der Waals surface area (Å²) in [5.74, 6) is -0.798. The van der Waals surface area contributed by atoms with Gasteiger partial charge in [-0.15, -0.1) is 0 Å². The third-order valence-corrected chi connectivity index (χ3v) is 3.12. The van der Waals surface area contributed by atoms with Gasteiger partial charge in [0.05, 0.1) is 12.5 Å². The highest BCUT2D eigenvalue weighted by Crippen LogP contribution is 2.21. The van der Waals surface area contributed by atoms with Gasteiger partial charge >= 0.3 is 12.3 Å². The molecule has 1 aromatic rings. The summed E-state index contributed by atoms with van der Waals surface area (Å²) in [6, 6.07) is 8.64. The molecule has 0 spiro atoms. The number of imide groups is 1. The molecule has 0 aromatic heterocycles. The number of allylic oxidation sites excluding steroid dienone is 1. The summed E-state index contributed by atoms with van der Waals surface area (Å²) in [4.78, 5) is 24.4. The first-order valence-electron chi connectivity index (χ1n) is 6.64. The maximum absolute atomic E-state index is 12.1. The van der Waals surface area contributed by atoms with Crippen molar-refractivity contribution < 1.29 is 27.5 Å². The van der Waals surface area contributed by atoms with Gasteiger partial charge in [0.15, 0.2) is 0 Å². The zero-order valence-electron chi connectivity index (χ0n) is 11.5. The molecule has 2 amide bonds. The molecule has 1 saturated heterocycles. The quantitative estimate of drug-likeness (QED) is 0.803. The molecule has 22 heavy (non-hydrogen) atoms. The van der Waals surface area contributed by atoms with E-state index in [1.807, 2.05) is 30.3 Å². The van der Waals surface area contributed by atoms with Crippen LogP contribution in [0, 0.1) is 0 Å². The molecule has 4 nitrogen and oxygen atoms in total. The molecule has 0 bridgehead atoms. The first-order valence-corrected chi connectivity index (χ1v) is 6.64. The summed E-state index contributed by atoms with van der Waals surface area (Å²) in [7, 11) is 0. The molecule has 0 unspecified atom stereocenters. The third-order valence-electron chi connectivity index (χ3n) is 3.12. The lowest BCUT2D eigenvalue weighted by Gasteiger charge is -2.18. The molecular formula is C15H14F3NO3. The number of hydrogen-bond acceptors (Lipinski definition) is 3. The maximum Gasteiger partial charge on any atom is 0.417 e. The van der Waals surface area contributed by atoms with Crippen LogP contribution < -0.4 is 0 Å². The highest BCUT2D eigenvalue weighted by molar-refractivity contribution is 5.99. The zero-order valence-corrected chi connectivity index (χ0v) is 11.5. The average Bonchev–Trinajstić information content (AvgIpc) is 2.79. The van der Waals surface area contributed by atoms with Gasteiger partial charge < -0.3 is 4.74 Å². The van der Waals surface area contributed by atoms with Crippen LogP contribution in [0.25, 0.3) is 0 Å². The molecule has 118 valence electrons. The Balaban J connectivity index is 2.03. The van der Waals surface area contributed by atoms with Crippen LogP contribution in [0.2, 0.25) is 0 Å². The van der Waals surface area contributed by atoms with Crippen molar-refractivity contribution in [3.8, 4) is 0 Å². The fourth-order valence-corrected chi connectivity index (χ4v) is 2.14. The van der Waals surface area contributed by atoms with Crippen LogP contribution in [-0.2, 0) is 16.0 Å². The Morgan fingerprint density at radius 1 is 1.32 bits per heavy atom. The molecular weight excluding hydrogens is 299 g/mol. The second-order valence-corrected chi connectivity index (χ2v) is 4.85. The van der Waals surface area contributed by atoms with Crippen LogP contribution in [0.3, 0.4) is 0 Å². The van der Waals surface area contributed by atoms with Gasteiger partial charge in [0.1, 0.15) is 6.61 Å². The van der Waals surface area contributed by atoms with Crippen molar-refractivity contribution in [2.75, 3.05) is 6.61 Å². The fraction of sp³-hybridized carbons (Fsp3) is 0.333. The van der Waals surface area contributed by atoms with Crippen molar-refractivity contribution in [1.29, 1.82) is 0 Å². The first kappa shape index (κ1) is 16.1. The normalized spacial score (nSPS) is 18.8. The number of rotatable bonds is 4. The van der Waals surface area contributed by atoms with E-state index in [9.17, 15) is 22.8 Å². The molecule has 7 heteroatoms. The number of carbonyl (C=O) groups excluding carboxylic acids is 2. The van der Waals surface area contributed by atoms with Crippen molar-refractivity contribution in [2.45, 2.75) is 25.1 Å². The van der Waals surface area contributed by atoms with E-state index in [1.165, 1.54) is 0 Å². The van der Waals surface area contributed by atoms with E-state index in [2.05, 4.69) is 0 Å². The smallest absolute Gasteiger partial charge is 0.417 e. The van der Waals surface area contributed by atoms with Gasteiger partial charge in [-0.05, 0) is 12.0 Å². The van der Waals surface area contributed by atoms with Gasteiger partial charge in [-0.25, -0.2) is 9.69 Å². The largest absolute Gasteiger partial charge is 0.447 e. The molecule has 1 atom stereocenters. The van der Waals surface area contributed by atoms with Crippen LogP contribution in [0.5, 0.6) is 0 Å². The summed E-state index contributed by atoms with van der Waals surface area (Å²) in [5.41, 5.74) is 0.905. The minimum atomic E-state index is -4.38. The van der Waals surface area contributed by atoms with Crippen molar-refractivity contribution >= 4 is 12.0 Å².